The van der Waals surface area contributed by atoms with Gasteiger partial charge in [0.2, 0.25) is 11.8 Å². The van der Waals surface area contributed by atoms with E-state index in [1.165, 1.54) is 24.3 Å². The number of azo groups is 1. The van der Waals surface area contributed by atoms with E-state index >= 15 is 0 Å². The highest BCUT2D eigenvalue weighted by molar-refractivity contribution is 5.94. The molecule has 3 rings (SSSR count). The highest BCUT2D eigenvalue weighted by Crippen LogP contribution is 2.36. The van der Waals surface area contributed by atoms with Crippen LogP contribution in [-0.2, 0) is 0 Å². The maximum atomic E-state index is 13.3. The normalized spacial score (nSPS) is 11.5. The molecule has 0 amide bonds. The average molecular weight is 287 g/mol. The van der Waals surface area contributed by atoms with Crippen LogP contribution in [0.25, 0.3) is 10.9 Å². The van der Waals surface area contributed by atoms with Gasteiger partial charge in [0.1, 0.15) is 5.82 Å². The predicted molar refractivity (Wildman–Crippen MR) is 73.7 cm³/mol. The van der Waals surface area contributed by atoms with Crippen molar-refractivity contribution in [3.05, 3.63) is 46.1 Å². The molecule has 106 valence electrons. The minimum atomic E-state index is -0.458. The fourth-order valence-electron chi connectivity index (χ4n) is 1.94. The molecule has 0 aliphatic heterocycles. The van der Waals surface area contributed by atoms with Crippen LogP contribution in [0, 0.1) is 12.7 Å². The first-order valence-corrected chi connectivity index (χ1v) is 6.03. The number of aromatic nitrogens is 3. The standard InChI is InChI=1S/C13H10FN5O2/c1-6-4-10(20)17-13(15-6)19-18-11-8-5-7(14)2-3-9(8)16-12(11)21/h2-5,16,21H,1H3,(H,15,17,20). The van der Waals surface area contributed by atoms with Gasteiger partial charge in [0.25, 0.3) is 5.56 Å². The van der Waals surface area contributed by atoms with Crippen molar-refractivity contribution in [2.45, 2.75) is 6.92 Å². The molecule has 7 nitrogen and oxygen atoms in total. The lowest BCUT2D eigenvalue weighted by Gasteiger charge is -1.94. The molecule has 0 unspecified atom stereocenters. The van der Waals surface area contributed by atoms with Crippen LogP contribution in [0.15, 0.2) is 39.3 Å². The topological polar surface area (TPSA) is 106 Å². The van der Waals surface area contributed by atoms with Crippen LogP contribution in [0.5, 0.6) is 5.88 Å². The second kappa shape index (κ2) is 4.82. The second-order valence-corrected chi connectivity index (χ2v) is 4.42. The molecule has 0 bridgehead atoms. The smallest absolute Gasteiger partial charge is 0.252 e. The number of aromatic amines is 2. The number of nitrogens with one attached hydrogen (secondary N) is 2. The van der Waals surface area contributed by atoms with Crippen molar-refractivity contribution in [2.75, 3.05) is 0 Å². The summed E-state index contributed by atoms with van der Waals surface area (Å²) in [6, 6.07) is 5.29. The van der Waals surface area contributed by atoms with E-state index in [1.807, 2.05) is 0 Å². The number of rotatable bonds is 2. The molecule has 2 aromatic heterocycles. The molecule has 3 aromatic rings. The zero-order chi connectivity index (χ0) is 15.0. The molecule has 0 fully saturated rings. The minimum absolute atomic E-state index is 0.00477. The van der Waals surface area contributed by atoms with E-state index in [0.29, 0.717) is 16.6 Å². The Bertz CT molecular complexity index is 913. The van der Waals surface area contributed by atoms with E-state index in [-0.39, 0.29) is 23.1 Å². The van der Waals surface area contributed by atoms with Crippen molar-refractivity contribution >= 4 is 22.5 Å². The van der Waals surface area contributed by atoms with Gasteiger partial charge in [0.05, 0.1) is 5.52 Å². The summed E-state index contributed by atoms with van der Waals surface area (Å²) < 4.78 is 13.3. The number of halogens is 1. The van der Waals surface area contributed by atoms with Gasteiger partial charge >= 0.3 is 0 Å². The van der Waals surface area contributed by atoms with Crippen molar-refractivity contribution in [3.8, 4) is 5.88 Å². The summed E-state index contributed by atoms with van der Waals surface area (Å²) in [4.78, 5) is 20.3. The van der Waals surface area contributed by atoms with Gasteiger partial charge in [0.15, 0.2) is 5.69 Å². The fraction of sp³-hybridized carbons (Fsp3) is 0.0769. The zero-order valence-electron chi connectivity index (χ0n) is 10.9. The van der Waals surface area contributed by atoms with Gasteiger partial charge in [-0.3, -0.25) is 9.78 Å². The molecular formula is C13H10FN5O2. The Hall–Kier alpha value is -3.03. The third-order valence-electron chi connectivity index (χ3n) is 2.82. The second-order valence-electron chi connectivity index (χ2n) is 4.42. The highest BCUT2D eigenvalue weighted by Gasteiger charge is 2.11. The highest BCUT2D eigenvalue weighted by atomic mass is 19.1. The van der Waals surface area contributed by atoms with Gasteiger partial charge in [-0.25, -0.2) is 9.37 Å². The molecule has 2 heterocycles. The maximum absolute atomic E-state index is 13.3. The Morgan fingerprint density at radius 1 is 1.24 bits per heavy atom. The van der Waals surface area contributed by atoms with Gasteiger partial charge in [-0.1, -0.05) is 0 Å². The van der Waals surface area contributed by atoms with E-state index in [2.05, 4.69) is 25.2 Å². The molecular weight excluding hydrogens is 277 g/mol. The van der Waals surface area contributed by atoms with E-state index in [9.17, 15) is 14.3 Å². The quantitative estimate of drug-likeness (QED) is 0.631. The van der Waals surface area contributed by atoms with E-state index in [0.717, 1.165) is 0 Å². The Kier molecular flexibility index (Phi) is 2.98. The Morgan fingerprint density at radius 3 is 2.81 bits per heavy atom. The monoisotopic (exact) mass is 287 g/mol. The summed E-state index contributed by atoms with van der Waals surface area (Å²) in [6.07, 6.45) is 0. The molecule has 0 aliphatic rings. The van der Waals surface area contributed by atoms with Gasteiger partial charge in [-0.15, -0.1) is 10.2 Å². The van der Waals surface area contributed by atoms with Crippen LogP contribution in [0.1, 0.15) is 5.69 Å². The molecule has 0 saturated carbocycles. The molecule has 0 aliphatic carbocycles. The van der Waals surface area contributed by atoms with Gasteiger partial charge in [0, 0.05) is 17.1 Å². The van der Waals surface area contributed by atoms with Gasteiger partial charge in [-0.05, 0) is 25.1 Å². The first-order chi connectivity index (χ1) is 10.0. The summed E-state index contributed by atoms with van der Waals surface area (Å²) in [5.74, 6) is -0.695. The van der Waals surface area contributed by atoms with Crippen LogP contribution in [0.3, 0.4) is 0 Å². The molecule has 1 aromatic carbocycles. The van der Waals surface area contributed by atoms with Crippen LogP contribution in [0.4, 0.5) is 16.0 Å². The van der Waals surface area contributed by atoms with Crippen molar-refractivity contribution in [3.63, 3.8) is 0 Å². The van der Waals surface area contributed by atoms with E-state index < -0.39 is 5.82 Å². The Labute approximate surface area is 117 Å². The molecule has 8 heteroatoms. The number of aromatic hydroxyl groups is 1. The molecule has 0 atom stereocenters. The van der Waals surface area contributed by atoms with E-state index in [1.54, 1.807) is 6.92 Å². The molecule has 3 N–H and O–H groups in total. The van der Waals surface area contributed by atoms with Crippen LogP contribution >= 0.6 is 0 Å². The maximum Gasteiger partial charge on any atom is 0.252 e. The molecule has 0 radical (unpaired) electrons. The van der Waals surface area contributed by atoms with Gasteiger partial charge < -0.3 is 10.1 Å². The lowest BCUT2D eigenvalue weighted by molar-refractivity contribution is 0.459. The summed E-state index contributed by atoms with van der Waals surface area (Å²) in [5.41, 5.74) is 0.731. The van der Waals surface area contributed by atoms with E-state index in [4.69, 9.17) is 0 Å². The number of fused-ring (bicyclic) bond motifs is 1. The molecule has 0 saturated heterocycles. The zero-order valence-corrected chi connectivity index (χ0v) is 10.9. The minimum Gasteiger partial charge on any atom is -0.493 e. The predicted octanol–water partition coefficient (Wildman–Crippen LogP) is 2.82. The number of benzene rings is 1. The van der Waals surface area contributed by atoms with Gasteiger partial charge in [-0.2, -0.15) is 0 Å². The third kappa shape index (κ3) is 2.50. The molecule has 0 spiro atoms. The van der Waals surface area contributed by atoms with Crippen molar-refractivity contribution in [1.29, 1.82) is 0 Å². The number of aryl methyl sites for hydroxylation is 1. The average Bonchev–Trinajstić information content (AvgIpc) is 2.70. The number of nitrogens with zero attached hydrogens (tertiary/aromatic N) is 3. The number of hydrogen-bond acceptors (Lipinski definition) is 5. The first-order valence-electron chi connectivity index (χ1n) is 6.03. The Balaban J connectivity index is 2.08. The summed E-state index contributed by atoms with van der Waals surface area (Å²) in [5, 5.41) is 17.8. The Morgan fingerprint density at radius 2 is 2.05 bits per heavy atom. The van der Waals surface area contributed by atoms with Crippen molar-refractivity contribution < 1.29 is 9.50 Å². The van der Waals surface area contributed by atoms with Crippen LogP contribution in [0.2, 0.25) is 0 Å². The first kappa shape index (κ1) is 13.0. The summed E-state index contributed by atoms with van der Waals surface area (Å²) >= 11 is 0. The fourth-order valence-corrected chi connectivity index (χ4v) is 1.94. The SMILES string of the molecule is Cc1cc(=O)[nH]c(N=Nc2c(O)[nH]c3ccc(F)cc23)n1. The summed E-state index contributed by atoms with van der Waals surface area (Å²) in [7, 11) is 0. The number of hydrogen-bond donors (Lipinski definition) is 3. The van der Waals surface area contributed by atoms with Crippen molar-refractivity contribution in [1.82, 2.24) is 15.0 Å². The largest absolute Gasteiger partial charge is 0.493 e. The lowest BCUT2D eigenvalue weighted by atomic mass is 10.2. The third-order valence-corrected chi connectivity index (χ3v) is 2.82. The van der Waals surface area contributed by atoms with Crippen LogP contribution in [-0.4, -0.2) is 20.1 Å². The van der Waals surface area contributed by atoms with Crippen molar-refractivity contribution in [2.24, 2.45) is 10.2 Å². The number of H-pyrrole nitrogens is 2. The molecule has 21 heavy (non-hydrogen) atoms. The summed E-state index contributed by atoms with van der Waals surface area (Å²) in [6.45, 7) is 1.65. The lowest BCUT2D eigenvalue weighted by Crippen LogP contribution is -2.05. The van der Waals surface area contributed by atoms with Crippen LogP contribution < -0.4 is 5.56 Å².